The Hall–Kier alpha value is -0.130. The van der Waals surface area contributed by atoms with E-state index in [-0.39, 0.29) is 0 Å². The maximum Gasteiger partial charge on any atom is 0.217 e. The van der Waals surface area contributed by atoms with Crippen LogP contribution in [0, 0.1) is 11.8 Å². The molecule has 0 radical (unpaired) electrons. The van der Waals surface area contributed by atoms with Crippen LogP contribution in [0.25, 0.3) is 0 Å². The van der Waals surface area contributed by atoms with Crippen LogP contribution >= 0.6 is 0 Å². The molecule has 0 bridgehead atoms. The molecule has 0 aliphatic heterocycles. The molecule has 4 nitrogen and oxygen atoms in total. The summed E-state index contributed by atoms with van der Waals surface area (Å²) in [6.45, 7) is 7.87. The molecule has 0 unspecified atom stereocenters. The first-order valence-corrected chi connectivity index (χ1v) is 6.18. The van der Waals surface area contributed by atoms with Crippen LogP contribution in [0.1, 0.15) is 40.5 Å². The molecule has 0 aliphatic carbocycles. The highest BCUT2D eigenvalue weighted by molar-refractivity contribution is 7.80. The Kier molecular flexibility index (Phi) is 5.63. The van der Waals surface area contributed by atoms with Crippen molar-refractivity contribution >= 4 is 10.4 Å². The molecule has 0 aliphatic rings. The Morgan fingerprint density at radius 1 is 1.07 bits per heavy atom. The minimum absolute atomic E-state index is 0.320. The van der Waals surface area contributed by atoms with Crippen molar-refractivity contribution < 1.29 is 17.2 Å². The molecule has 0 aromatic rings. The molecule has 14 heavy (non-hydrogen) atoms. The van der Waals surface area contributed by atoms with E-state index in [2.05, 4.69) is 4.18 Å². The third-order valence-corrected chi connectivity index (χ3v) is 2.23. The van der Waals surface area contributed by atoms with E-state index in [1.165, 1.54) is 0 Å². The van der Waals surface area contributed by atoms with Crippen LogP contribution < -0.4 is 0 Å². The molecular weight excluding hydrogens is 204 g/mol. The van der Waals surface area contributed by atoms with E-state index in [9.17, 15) is 13.0 Å². The maximum absolute atomic E-state index is 10.4. The van der Waals surface area contributed by atoms with E-state index in [4.69, 9.17) is 0 Å². The molecule has 0 rings (SSSR count). The zero-order valence-corrected chi connectivity index (χ0v) is 10.0. The third-order valence-electron chi connectivity index (χ3n) is 1.72. The molecule has 0 saturated carbocycles. The van der Waals surface area contributed by atoms with Gasteiger partial charge in [-0.2, -0.15) is 0 Å². The van der Waals surface area contributed by atoms with E-state index >= 15 is 0 Å². The van der Waals surface area contributed by atoms with Gasteiger partial charge in [-0.15, -0.1) is 0 Å². The molecule has 5 heteroatoms. The summed E-state index contributed by atoms with van der Waals surface area (Å²) in [6, 6.07) is 0. The smallest absolute Gasteiger partial charge is 0.217 e. The van der Waals surface area contributed by atoms with Crippen LogP contribution in [-0.2, 0) is 14.6 Å². The van der Waals surface area contributed by atoms with Gasteiger partial charge in [0.1, 0.15) is 0 Å². The predicted molar refractivity (Wildman–Crippen MR) is 53.5 cm³/mol. The summed E-state index contributed by atoms with van der Waals surface area (Å²) >= 11 is 0. The second-order valence-electron chi connectivity index (χ2n) is 4.39. The number of hydrogen-bond donors (Lipinski definition) is 0. The van der Waals surface area contributed by atoms with Gasteiger partial charge >= 0.3 is 0 Å². The Morgan fingerprint density at radius 3 is 1.64 bits per heavy atom. The highest BCUT2D eigenvalue weighted by Crippen LogP contribution is 2.17. The third kappa shape index (κ3) is 8.47. The van der Waals surface area contributed by atoms with Crippen molar-refractivity contribution in [2.24, 2.45) is 11.8 Å². The Balaban J connectivity index is 4.25. The second kappa shape index (κ2) is 5.68. The van der Waals surface area contributed by atoms with Crippen molar-refractivity contribution in [2.75, 3.05) is 0 Å². The molecule has 0 saturated heterocycles. The minimum Gasteiger partial charge on any atom is -0.726 e. The normalized spacial score (nSPS) is 13.1. The second-order valence-corrected chi connectivity index (χ2v) is 5.39. The summed E-state index contributed by atoms with van der Waals surface area (Å²) in [6.07, 6.45) is 0.719. The lowest BCUT2D eigenvalue weighted by Crippen LogP contribution is -2.21. The fraction of sp³-hybridized carbons (Fsp3) is 1.00. The zero-order chi connectivity index (χ0) is 11.4. The van der Waals surface area contributed by atoms with Gasteiger partial charge in [-0.1, -0.05) is 27.7 Å². The van der Waals surface area contributed by atoms with Gasteiger partial charge in [-0.05, 0) is 24.7 Å². The van der Waals surface area contributed by atoms with Gasteiger partial charge in [0.15, 0.2) is 0 Å². The van der Waals surface area contributed by atoms with Gasteiger partial charge in [-0.25, -0.2) is 8.42 Å². The van der Waals surface area contributed by atoms with Crippen LogP contribution in [0.15, 0.2) is 0 Å². The Morgan fingerprint density at radius 2 is 1.43 bits per heavy atom. The SMILES string of the molecule is CC(C)CC(CC(C)C)OS(=O)(=O)[O-]. The summed E-state index contributed by atoms with van der Waals surface area (Å²) in [5.41, 5.74) is 0. The van der Waals surface area contributed by atoms with Gasteiger partial charge in [0.05, 0.1) is 6.10 Å². The van der Waals surface area contributed by atoms with Crippen molar-refractivity contribution in [2.45, 2.75) is 46.6 Å². The summed E-state index contributed by atoms with van der Waals surface area (Å²) in [5.74, 6) is 0.640. The van der Waals surface area contributed by atoms with Crippen molar-refractivity contribution in [1.82, 2.24) is 0 Å². The molecule has 0 N–H and O–H groups in total. The van der Waals surface area contributed by atoms with E-state index in [1.54, 1.807) is 0 Å². The van der Waals surface area contributed by atoms with Crippen LogP contribution in [-0.4, -0.2) is 19.1 Å². The predicted octanol–water partition coefficient (Wildman–Crippen LogP) is 1.92. The fourth-order valence-corrected chi connectivity index (χ4v) is 1.88. The first-order valence-electron chi connectivity index (χ1n) is 4.84. The van der Waals surface area contributed by atoms with Crippen LogP contribution in [0.5, 0.6) is 0 Å². The van der Waals surface area contributed by atoms with E-state index in [0.717, 1.165) is 0 Å². The maximum atomic E-state index is 10.4. The van der Waals surface area contributed by atoms with E-state index in [1.807, 2.05) is 27.7 Å². The summed E-state index contributed by atoms with van der Waals surface area (Å²) < 4.78 is 35.8. The van der Waals surface area contributed by atoms with Gasteiger partial charge < -0.3 is 4.55 Å². The minimum atomic E-state index is -4.56. The molecule has 0 amide bonds. The average Bonchev–Trinajstić information content (AvgIpc) is 1.77. The molecule has 0 heterocycles. The largest absolute Gasteiger partial charge is 0.726 e. The number of rotatable bonds is 6. The van der Waals surface area contributed by atoms with Gasteiger partial charge in [0, 0.05) is 0 Å². The molecule has 0 aromatic carbocycles. The molecular formula is C9H19O4S-. The fourth-order valence-electron chi connectivity index (χ4n) is 1.39. The van der Waals surface area contributed by atoms with Crippen molar-refractivity contribution in [3.8, 4) is 0 Å². The quantitative estimate of drug-likeness (QED) is 0.509. The molecule has 0 atom stereocenters. The molecule has 0 fully saturated rings. The number of hydrogen-bond acceptors (Lipinski definition) is 4. The van der Waals surface area contributed by atoms with Crippen molar-refractivity contribution in [3.63, 3.8) is 0 Å². The Bertz CT molecular complexity index is 234. The summed E-state index contributed by atoms with van der Waals surface area (Å²) in [4.78, 5) is 0. The lowest BCUT2D eigenvalue weighted by atomic mass is 9.98. The molecule has 0 aromatic heterocycles. The van der Waals surface area contributed by atoms with Gasteiger partial charge in [0.25, 0.3) is 0 Å². The zero-order valence-electron chi connectivity index (χ0n) is 9.19. The lowest BCUT2D eigenvalue weighted by molar-refractivity contribution is 0.135. The summed E-state index contributed by atoms with van der Waals surface area (Å²) in [5, 5.41) is 0. The molecule has 86 valence electrons. The van der Waals surface area contributed by atoms with Crippen molar-refractivity contribution in [3.05, 3.63) is 0 Å². The monoisotopic (exact) mass is 223 g/mol. The van der Waals surface area contributed by atoms with Gasteiger partial charge in [0.2, 0.25) is 10.4 Å². The first kappa shape index (κ1) is 13.9. The Labute approximate surface area is 86.6 Å². The van der Waals surface area contributed by atoms with Gasteiger partial charge in [-0.3, -0.25) is 4.18 Å². The first-order chi connectivity index (χ1) is 6.20. The average molecular weight is 223 g/mol. The molecule has 0 spiro atoms. The van der Waals surface area contributed by atoms with Crippen molar-refractivity contribution in [1.29, 1.82) is 0 Å². The van der Waals surface area contributed by atoms with E-state index < -0.39 is 16.5 Å². The van der Waals surface area contributed by atoms with Crippen LogP contribution in [0.2, 0.25) is 0 Å². The highest BCUT2D eigenvalue weighted by Gasteiger charge is 2.16. The lowest BCUT2D eigenvalue weighted by Gasteiger charge is -2.22. The van der Waals surface area contributed by atoms with Crippen LogP contribution in [0.4, 0.5) is 0 Å². The van der Waals surface area contributed by atoms with Crippen LogP contribution in [0.3, 0.4) is 0 Å². The summed E-state index contributed by atoms with van der Waals surface area (Å²) in [7, 11) is -4.56. The highest BCUT2D eigenvalue weighted by atomic mass is 32.3. The topological polar surface area (TPSA) is 66.4 Å². The standard InChI is InChI=1S/C9H20O4S/c1-7(2)5-9(6-8(3)4)13-14(10,11)12/h7-9H,5-6H2,1-4H3,(H,10,11,12)/p-1. The van der Waals surface area contributed by atoms with E-state index in [0.29, 0.717) is 24.7 Å².